The van der Waals surface area contributed by atoms with Gasteiger partial charge in [-0.25, -0.2) is 9.37 Å². The van der Waals surface area contributed by atoms with Gasteiger partial charge in [0.25, 0.3) is 0 Å². The molecule has 0 radical (unpaired) electrons. The molecule has 9 nitrogen and oxygen atoms in total. The Hall–Kier alpha value is -2.14. The standard InChI is InChI=1S/C26H38FNO8/c1-14-7-6-8-26(5)20(36-26)10-18(17(27)9-16-13-34-21(12-29)28-16)35-22(31)11-19(30)25(3,4)24(33)15(2)23(14)32/h9,13-15,18-20,23,29-30,32H,6-8,10-12H2,1-5H3. The second kappa shape index (κ2) is 11.1. The number of esters is 1. The summed E-state index contributed by atoms with van der Waals surface area (Å²) >= 11 is 0. The molecule has 0 spiro atoms. The molecule has 2 aliphatic rings. The Kier molecular flexibility index (Phi) is 8.75. The van der Waals surface area contributed by atoms with Crippen molar-refractivity contribution in [3.05, 3.63) is 23.7 Å². The van der Waals surface area contributed by atoms with Crippen LogP contribution in [0.2, 0.25) is 0 Å². The van der Waals surface area contributed by atoms with Gasteiger partial charge >= 0.3 is 5.97 Å². The summed E-state index contributed by atoms with van der Waals surface area (Å²) in [6.07, 6.45) is -0.105. The van der Waals surface area contributed by atoms with Gasteiger partial charge in [-0.05, 0) is 25.7 Å². The van der Waals surface area contributed by atoms with Crippen LogP contribution in [0, 0.1) is 17.3 Å². The van der Waals surface area contributed by atoms with E-state index in [9.17, 15) is 19.8 Å². The highest BCUT2D eigenvalue weighted by Crippen LogP contribution is 2.45. The summed E-state index contributed by atoms with van der Waals surface area (Å²) in [5.74, 6) is -2.89. The Labute approximate surface area is 210 Å². The Bertz CT molecular complexity index is 975. The predicted molar refractivity (Wildman–Crippen MR) is 127 cm³/mol. The first-order valence-electron chi connectivity index (χ1n) is 12.5. The van der Waals surface area contributed by atoms with Gasteiger partial charge in [-0.2, -0.15) is 0 Å². The molecule has 7 atom stereocenters. The van der Waals surface area contributed by atoms with Crippen LogP contribution in [0.15, 0.2) is 16.5 Å². The van der Waals surface area contributed by atoms with E-state index < -0.39 is 60.1 Å². The van der Waals surface area contributed by atoms with Crippen molar-refractivity contribution >= 4 is 17.8 Å². The van der Waals surface area contributed by atoms with Gasteiger partial charge in [0.2, 0.25) is 5.89 Å². The molecule has 1 aromatic heterocycles. The van der Waals surface area contributed by atoms with Crippen molar-refractivity contribution in [3.63, 3.8) is 0 Å². The second-order valence-corrected chi connectivity index (χ2v) is 10.9. The number of ether oxygens (including phenoxy) is 2. The lowest BCUT2D eigenvalue weighted by atomic mass is 9.73. The highest BCUT2D eigenvalue weighted by atomic mass is 19.1. The number of oxazole rings is 1. The molecular formula is C26H38FNO8. The minimum Gasteiger partial charge on any atom is -0.455 e. The van der Waals surface area contributed by atoms with Crippen molar-refractivity contribution in [1.82, 2.24) is 4.98 Å². The predicted octanol–water partition coefficient (Wildman–Crippen LogP) is 3.10. The molecule has 202 valence electrons. The van der Waals surface area contributed by atoms with Gasteiger partial charge in [0.05, 0.1) is 35.7 Å². The SMILES string of the molecule is CC1CCCC2(C)OC2CC(C(F)=Cc2coc(CO)n2)OC(=O)CC(O)C(C)(C)C(=O)C(C)C1O. The largest absolute Gasteiger partial charge is 0.455 e. The number of carbonyl (C=O) groups is 2. The Morgan fingerprint density at radius 2 is 1.94 bits per heavy atom. The van der Waals surface area contributed by atoms with Crippen LogP contribution in [0.1, 0.15) is 78.3 Å². The molecule has 2 saturated heterocycles. The zero-order valence-corrected chi connectivity index (χ0v) is 21.6. The van der Waals surface area contributed by atoms with Gasteiger partial charge in [-0.3, -0.25) is 9.59 Å². The van der Waals surface area contributed by atoms with Gasteiger partial charge in [0, 0.05) is 18.4 Å². The molecule has 0 aromatic carbocycles. The highest BCUT2D eigenvalue weighted by molar-refractivity contribution is 5.88. The fraction of sp³-hybridized carbons (Fsp3) is 0.731. The normalized spacial score (nSPS) is 36.8. The third-order valence-corrected chi connectivity index (χ3v) is 7.70. The number of fused-ring (bicyclic) bond motifs is 1. The van der Waals surface area contributed by atoms with E-state index in [4.69, 9.17) is 19.0 Å². The van der Waals surface area contributed by atoms with E-state index in [-0.39, 0.29) is 35.8 Å². The van der Waals surface area contributed by atoms with Gasteiger partial charge in [-0.15, -0.1) is 0 Å². The average molecular weight is 512 g/mol. The number of epoxide rings is 1. The van der Waals surface area contributed by atoms with Crippen molar-refractivity contribution < 1.29 is 43.2 Å². The first kappa shape index (κ1) is 28.4. The number of cyclic esters (lactones) is 1. The first-order valence-corrected chi connectivity index (χ1v) is 12.5. The zero-order valence-electron chi connectivity index (χ0n) is 21.6. The highest BCUT2D eigenvalue weighted by Gasteiger charge is 2.53. The van der Waals surface area contributed by atoms with Crippen LogP contribution < -0.4 is 0 Å². The molecule has 1 aromatic rings. The molecule has 3 heterocycles. The maximum absolute atomic E-state index is 15.3. The quantitative estimate of drug-likeness (QED) is 0.412. The summed E-state index contributed by atoms with van der Waals surface area (Å²) in [5, 5.41) is 30.6. The maximum atomic E-state index is 15.3. The van der Waals surface area contributed by atoms with Gasteiger partial charge in [0.1, 0.15) is 30.2 Å². The minimum absolute atomic E-state index is 0.0192. The fourth-order valence-electron chi connectivity index (χ4n) is 4.88. The molecule has 36 heavy (non-hydrogen) atoms. The number of nitrogens with zero attached hydrogens (tertiary/aromatic N) is 1. The molecule has 0 aliphatic carbocycles. The molecule has 0 saturated carbocycles. The molecule has 2 aliphatic heterocycles. The molecule has 2 fully saturated rings. The lowest BCUT2D eigenvalue weighted by Gasteiger charge is -2.34. The van der Waals surface area contributed by atoms with Crippen LogP contribution >= 0.6 is 0 Å². The number of Topliss-reactive ketones (excluding diaryl/α,β-unsaturated/α-hetero) is 1. The van der Waals surface area contributed by atoms with Gasteiger partial charge in [-0.1, -0.05) is 34.1 Å². The summed E-state index contributed by atoms with van der Waals surface area (Å²) in [5.41, 5.74) is -1.74. The van der Waals surface area contributed by atoms with E-state index in [2.05, 4.69) is 4.98 Å². The number of carbonyl (C=O) groups excluding carboxylic acids is 2. The summed E-state index contributed by atoms with van der Waals surface area (Å²) in [7, 11) is 0. The van der Waals surface area contributed by atoms with E-state index in [1.54, 1.807) is 6.92 Å². The number of hydrogen-bond donors (Lipinski definition) is 3. The van der Waals surface area contributed by atoms with Crippen LogP contribution in [0.25, 0.3) is 6.08 Å². The Morgan fingerprint density at radius 3 is 2.58 bits per heavy atom. The molecular weight excluding hydrogens is 473 g/mol. The number of aliphatic hydroxyl groups excluding tert-OH is 3. The molecule has 3 rings (SSSR count). The summed E-state index contributed by atoms with van der Waals surface area (Å²) in [4.78, 5) is 29.8. The number of halogens is 1. The number of hydrogen-bond acceptors (Lipinski definition) is 9. The minimum atomic E-state index is -1.40. The van der Waals surface area contributed by atoms with Crippen LogP contribution in [0.3, 0.4) is 0 Å². The topological polar surface area (TPSA) is 143 Å². The van der Waals surface area contributed by atoms with Crippen LogP contribution in [-0.2, 0) is 25.7 Å². The number of aliphatic hydroxyl groups is 3. The fourth-order valence-corrected chi connectivity index (χ4v) is 4.88. The van der Waals surface area contributed by atoms with E-state index in [0.717, 1.165) is 12.5 Å². The number of rotatable bonds is 3. The molecule has 0 amide bonds. The summed E-state index contributed by atoms with van der Waals surface area (Å²) in [6, 6.07) is 0. The van der Waals surface area contributed by atoms with Crippen molar-refractivity contribution in [2.75, 3.05) is 0 Å². The lowest BCUT2D eigenvalue weighted by Crippen LogP contribution is -2.45. The molecule has 7 unspecified atom stereocenters. The summed E-state index contributed by atoms with van der Waals surface area (Å²) < 4.78 is 31.6. The van der Waals surface area contributed by atoms with E-state index in [0.29, 0.717) is 12.8 Å². The van der Waals surface area contributed by atoms with Crippen molar-refractivity contribution in [2.24, 2.45) is 17.3 Å². The van der Waals surface area contributed by atoms with E-state index in [1.807, 2.05) is 13.8 Å². The van der Waals surface area contributed by atoms with E-state index >= 15 is 4.39 Å². The van der Waals surface area contributed by atoms with Crippen LogP contribution in [0.5, 0.6) is 0 Å². The first-order chi connectivity index (χ1) is 16.8. The van der Waals surface area contributed by atoms with Gasteiger partial charge < -0.3 is 29.2 Å². The maximum Gasteiger partial charge on any atom is 0.309 e. The van der Waals surface area contributed by atoms with Crippen LogP contribution in [0.4, 0.5) is 4.39 Å². The number of ketones is 1. The number of aromatic nitrogens is 1. The van der Waals surface area contributed by atoms with E-state index in [1.165, 1.54) is 20.1 Å². The lowest BCUT2D eigenvalue weighted by molar-refractivity contribution is -0.155. The molecule has 3 N–H and O–H groups in total. The Morgan fingerprint density at radius 1 is 1.25 bits per heavy atom. The zero-order chi connectivity index (χ0) is 26.8. The molecule has 0 bridgehead atoms. The van der Waals surface area contributed by atoms with Crippen LogP contribution in [-0.4, -0.2) is 62.1 Å². The average Bonchev–Trinajstić information content (AvgIpc) is 3.23. The van der Waals surface area contributed by atoms with Gasteiger partial charge in [0.15, 0.2) is 6.10 Å². The second-order valence-electron chi connectivity index (χ2n) is 10.9. The van der Waals surface area contributed by atoms with Crippen molar-refractivity contribution in [3.8, 4) is 0 Å². The monoisotopic (exact) mass is 511 g/mol. The third-order valence-electron chi connectivity index (χ3n) is 7.70. The van der Waals surface area contributed by atoms with Crippen molar-refractivity contribution in [2.45, 2.75) is 103 Å². The van der Waals surface area contributed by atoms with Crippen molar-refractivity contribution in [1.29, 1.82) is 0 Å². The molecule has 10 heteroatoms. The Balaban J connectivity index is 1.85. The smallest absolute Gasteiger partial charge is 0.309 e. The third kappa shape index (κ3) is 6.40. The summed E-state index contributed by atoms with van der Waals surface area (Å²) in [6.45, 7) is 8.02.